The molecule has 76 valence electrons. The SMILES string of the molecule is Cc1ncccc1Oc1cccc(Br)c1. The molecule has 1 aromatic carbocycles. The third-order valence-corrected chi connectivity index (χ3v) is 2.48. The maximum absolute atomic E-state index is 5.70. The summed E-state index contributed by atoms with van der Waals surface area (Å²) in [5.74, 6) is 1.59. The Hall–Kier alpha value is -1.35. The van der Waals surface area contributed by atoms with Crippen molar-refractivity contribution in [3.63, 3.8) is 0 Å². The van der Waals surface area contributed by atoms with Crippen LogP contribution in [0.5, 0.6) is 11.5 Å². The summed E-state index contributed by atoms with van der Waals surface area (Å²) in [4.78, 5) is 4.16. The van der Waals surface area contributed by atoms with E-state index in [9.17, 15) is 0 Å². The summed E-state index contributed by atoms with van der Waals surface area (Å²) in [7, 11) is 0. The van der Waals surface area contributed by atoms with E-state index in [0.717, 1.165) is 21.7 Å². The van der Waals surface area contributed by atoms with Crippen LogP contribution in [-0.2, 0) is 0 Å². The van der Waals surface area contributed by atoms with Gasteiger partial charge in [0.25, 0.3) is 0 Å². The third-order valence-electron chi connectivity index (χ3n) is 1.98. The van der Waals surface area contributed by atoms with Crippen LogP contribution in [0.3, 0.4) is 0 Å². The predicted molar refractivity (Wildman–Crippen MR) is 63.2 cm³/mol. The fourth-order valence-corrected chi connectivity index (χ4v) is 1.61. The van der Waals surface area contributed by atoms with Crippen LogP contribution in [0.25, 0.3) is 0 Å². The Balaban J connectivity index is 2.26. The first-order valence-electron chi connectivity index (χ1n) is 4.61. The van der Waals surface area contributed by atoms with Gasteiger partial charge in [0, 0.05) is 10.7 Å². The van der Waals surface area contributed by atoms with E-state index in [2.05, 4.69) is 20.9 Å². The first-order valence-corrected chi connectivity index (χ1v) is 5.40. The summed E-state index contributed by atoms with van der Waals surface area (Å²) in [5.41, 5.74) is 0.887. The first kappa shape index (κ1) is 10.2. The maximum Gasteiger partial charge on any atom is 0.148 e. The minimum absolute atomic E-state index is 0.788. The van der Waals surface area contributed by atoms with Crippen LogP contribution >= 0.6 is 15.9 Å². The zero-order valence-electron chi connectivity index (χ0n) is 8.27. The van der Waals surface area contributed by atoms with E-state index < -0.39 is 0 Å². The molecule has 0 atom stereocenters. The Morgan fingerprint density at radius 3 is 2.80 bits per heavy atom. The number of rotatable bonds is 2. The Morgan fingerprint density at radius 1 is 1.20 bits per heavy atom. The van der Waals surface area contributed by atoms with Crippen LogP contribution < -0.4 is 4.74 Å². The quantitative estimate of drug-likeness (QED) is 0.819. The van der Waals surface area contributed by atoms with Gasteiger partial charge in [-0.2, -0.15) is 0 Å². The number of hydrogen-bond acceptors (Lipinski definition) is 2. The molecule has 0 N–H and O–H groups in total. The highest BCUT2D eigenvalue weighted by Crippen LogP contribution is 2.25. The zero-order valence-corrected chi connectivity index (χ0v) is 9.86. The van der Waals surface area contributed by atoms with Crippen LogP contribution in [0, 0.1) is 6.92 Å². The average Bonchev–Trinajstić information content (AvgIpc) is 2.22. The summed E-state index contributed by atoms with van der Waals surface area (Å²) < 4.78 is 6.70. The molecule has 0 radical (unpaired) electrons. The predicted octanol–water partition coefficient (Wildman–Crippen LogP) is 3.94. The molecular weight excluding hydrogens is 254 g/mol. The lowest BCUT2D eigenvalue weighted by Gasteiger charge is -2.07. The minimum atomic E-state index is 0.788. The topological polar surface area (TPSA) is 22.1 Å². The third kappa shape index (κ3) is 2.57. The second kappa shape index (κ2) is 4.45. The molecule has 2 aromatic rings. The molecule has 2 rings (SSSR count). The number of aryl methyl sites for hydroxylation is 1. The molecule has 0 aliphatic carbocycles. The number of benzene rings is 1. The van der Waals surface area contributed by atoms with Gasteiger partial charge >= 0.3 is 0 Å². The highest BCUT2D eigenvalue weighted by atomic mass is 79.9. The molecule has 0 saturated carbocycles. The van der Waals surface area contributed by atoms with Crippen molar-refractivity contribution in [2.75, 3.05) is 0 Å². The zero-order chi connectivity index (χ0) is 10.7. The van der Waals surface area contributed by atoms with E-state index >= 15 is 0 Å². The summed E-state index contributed by atoms with van der Waals surface area (Å²) in [6.07, 6.45) is 1.75. The Bertz CT molecular complexity index is 471. The van der Waals surface area contributed by atoms with Crippen molar-refractivity contribution >= 4 is 15.9 Å². The molecule has 3 heteroatoms. The average molecular weight is 264 g/mol. The van der Waals surface area contributed by atoms with Gasteiger partial charge in [0.1, 0.15) is 11.5 Å². The van der Waals surface area contributed by atoms with Crippen molar-refractivity contribution < 1.29 is 4.74 Å². The van der Waals surface area contributed by atoms with Crippen LogP contribution in [0.2, 0.25) is 0 Å². The van der Waals surface area contributed by atoms with Gasteiger partial charge in [-0.05, 0) is 37.3 Å². The molecule has 0 spiro atoms. The molecule has 1 heterocycles. The molecule has 0 aliphatic heterocycles. The van der Waals surface area contributed by atoms with Crippen LogP contribution in [-0.4, -0.2) is 4.98 Å². The normalized spacial score (nSPS) is 10.0. The number of pyridine rings is 1. The van der Waals surface area contributed by atoms with E-state index in [4.69, 9.17) is 4.74 Å². The molecule has 0 bridgehead atoms. The van der Waals surface area contributed by atoms with Gasteiger partial charge in [0.15, 0.2) is 0 Å². The Morgan fingerprint density at radius 2 is 2.07 bits per heavy atom. The van der Waals surface area contributed by atoms with Gasteiger partial charge in [-0.15, -0.1) is 0 Å². The van der Waals surface area contributed by atoms with Crippen molar-refractivity contribution in [2.24, 2.45) is 0 Å². The molecule has 0 saturated heterocycles. The lowest BCUT2D eigenvalue weighted by molar-refractivity contribution is 0.475. The fourth-order valence-electron chi connectivity index (χ4n) is 1.23. The summed E-state index contributed by atoms with van der Waals surface area (Å²) in [5, 5.41) is 0. The molecular formula is C12H10BrNO. The largest absolute Gasteiger partial charge is 0.455 e. The van der Waals surface area contributed by atoms with E-state index in [1.165, 1.54) is 0 Å². The van der Waals surface area contributed by atoms with Gasteiger partial charge in [-0.1, -0.05) is 22.0 Å². The van der Waals surface area contributed by atoms with Crippen molar-refractivity contribution in [1.82, 2.24) is 4.98 Å². The minimum Gasteiger partial charge on any atom is -0.455 e. The number of nitrogens with zero attached hydrogens (tertiary/aromatic N) is 1. The summed E-state index contributed by atoms with van der Waals surface area (Å²) in [6.45, 7) is 1.92. The van der Waals surface area contributed by atoms with Crippen molar-refractivity contribution in [2.45, 2.75) is 6.92 Å². The fraction of sp³-hybridized carbons (Fsp3) is 0.0833. The van der Waals surface area contributed by atoms with Gasteiger partial charge in [-0.25, -0.2) is 0 Å². The number of halogens is 1. The van der Waals surface area contributed by atoms with E-state index in [1.807, 2.05) is 43.3 Å². The molecule has 0 fully saturated rings. The molecule has 1 aromatic heterocycles. The lowest BCUT2D eigenvalue weighted by atomic mass is 10.3. The molecule has 2 nitrogen and oxygen atoms in total. The standard InChI is InChI=1S/C12H10BrNO/c1-9-12(6-3-7-14-9)15-11-5-2-4-10(13)8-11/h2-8H,1H3. The van der Waals surface area contributed by atoms with Crippen molar-refractivity contribution in [3.05, 3.63) is 52.8 Å². The number of ether oxygens (including phenoxy) is 1. The molecule has 15 heavy (non-hydrogen) atoms. The van der Waals surface area contributed by atoms with Crippen molar-refractivity contribution in [1.29, 1.82) is 0 Å². The van der Waals surface area contributed by atoms with Crippen LogP contribution in [0.15, 0.2) is 47.1 Å². The smallest absolute Gasteiger partial charge is 0.148 e. The molecule has 0 amide bonds. The highest BCUT2D eigenvalue weighted by Gasteiger charge is 2.01. The van der Waals surface area contributed by atoms with E-state index in [-0.39, 0.29) is 0 Å². The van der Waals surface area contributed by atoms with Gasteiger partial charge in [0.2, 0.25) is 0 Å². The van der Waals surface area contributed by atoms with E-state index in [1.54, 1.807) is 6.20 Å². The first-order chi connectivity index (χ1) is 7.25. The van der Waals surface area contributed by atoms with E-state index in [0.29, 0.717) is 0 Å². The number of aromatic nitrogens is 1. The molecule has 0 unspecified atom stereocenters. The highest BCUT2D eigenvalue weighted by molar-refractivity contribution is 9.10. The molecule has 0 aliphatic rings. The monoisotopic (exact) mass is 263 g/mol. The summed E-state index contributed by atoms with van der Waals surface area (Å²) >= 11 is 3.40. The summed E-state index contributed by atoms with van der Waals surface area (Å²) in [6, 6.07) is 11.5. The van der Waals surface area contributed by atoms with Crippen LogP contribution in [0.4, 0.5) is 0 Å². The van der Waals surface area contributed by atoms with Gasteiger partial charge in [-0.3, -0.25) is 4.98 Å². The van der Waals surface area contributed by atoms with Crippen LogP contribution in [0.1, 0.15) is 5.69 Å². The Labute approximate surface area is 97.1 Å². The Kier molecular flexibility index (Phi) is 3.02. The van der Waals surface area contributed by atoms with Gasteiger partial charge < -0.3 is 4.74 Å². The maximum atomic E-state index is 5.70. The van der Waals surface area contributed by atoms with Gasteiger partial charge in [0.05, 0.1) is 5.69 Å². The number of hydrogen-bond donors (Lipinski definition) is 0. The second-order valence-electron chi connectivity index (χ2n) is 3.15. The van der Waals surface area contributed by atoms with Crippen molar-refractivity contribution in [3.8, 4) is 11.5 Å². The second-order valence-corrected chi connectivity index (χ2v) is 4.06. The lowest BCUT2D eigenvalue weighted by Crippen LogP contribution is -1.89.